The summed E-state index contributed by atoms with van der Waals surface area (Å²) in [4.78, 5) is 16.2. The van der Waals surface area contributed by atoms with Crippen LogP contribution in [0.4, 0.5) is 0 Å². The summed E-state index contributed by atoms with van der Waals surface area (Å²) in [6.45, 7) is 0.276. The molecule has 1 amide bonds. The predicted octanol–water partition coefficient (Wildman–Crippen LogP) is 1.42. The van der Waals surface area contributed by atoms with Crippen LogP contribution in [0.1, 0.15) is 20.8 Å². The highest BCUT2D eigenvalue weighted by molar-refractivity contribution is 7.11. The lowest BCUT2D eigenvalue weighted by Gasteiger charge is -2.04. The van der Waals surface area contributed by atoms with Crippen molar-refractivity contribution in [1.29, 1.82) is 0 Å². The molecule has 0 saturated carbocycles. The number of aromatic nitrogens is 1. The number of aliphatic hydroxyl groups excluding tert-OH is 1. The van der Waals surface area contributed by atoms with Crippen molar-refractivity contribution in [3.8, 4) is 11.8 Å². The number of thiazole rings is 1. The largest absolute Gasteiger partial charge is 0.384 e. The molecule has 2 rings (SSSR count). The molecule has 0 unspecified atom stereocenters. The lowest BCUT2D eigenvalue weighted by atomic mass is 10.1. The van der Waals surface area contributed by atoms with Crippen LogP contribution >= 0.6 is 11.3 Å². The highest BCUT2D eigenvalue weighted by atomic mass is 32.1. The zero-order valence-electron chi connectivity index (χ0n) is 10.1. The summed E-state index contributed by atoms with van der Waals surface area (Å²) in [6, 6.07) is 7.53. The molecular formula is C14H12N2O2S. The van der Waals surface area contributed by atoms with Crippen molar-refractivity contribution in [2.24, 2.45) is 0 Å². The molecule has 0 atom stereocenters. The molecule has 0 aliphatic carbocycles. The average Bonchev–Trinajstić information content (AvgIpc) is 2.97. The van der Waals surface area contributed by atoms with E-state index in [-0.39, 0.29) is 12.5 Å². The molecule has 1 heterocycles. The van der Waals surface area contributed by atoms with E-state index in [1.165, 1.54) is 11.3 Å². The molecule has 0 radical (unpaired) electrons. The predicted molar refractivity (Wildman–Crippen MR) is 73.7 cm³/mol. The second-order valence-corrected chi connectivity index (χ2v) is 4.59. The summed E-state index contributed by atoms with van der Waals surface area (Å²) in [5.41, 5.74) is 3.40. The van der Waals surface area contributed by atoms with E-state index in [2.05, 4.69) is 22.1 Å². The standard InChI is InChI=1S/C14H12N2O2S/c17-6-2-5-11-3-1-4-12(7-11)8-16-14(18)13-9-15-10-19-13/h1,3-4,7,9-10,17H,6,8H2,(H,16,18). The Morgan fingerprint density at radius 1 is 1.47 bits per heavy atom. The molecule has 4 nitrogen and oxygen atoms in total. The van der Waals surface area contributed by atoms with Gasteiger partial charge in [-0.15, -0.1) is 11.3 Å². The van der Waals surface area contributed by atoms with Gasteiger partial charge in [0.15, 0.2) is 0 Å². The first-order valence-corrected chi connectivity index (χ1v) is 6.53. The number of carbonyl (C=O) groups is 1. The van der Waals surface area contributed by atoms with Crippen LogP contribution in [-0.2, 0) is 6.54 Å². The van der Waals surface area contributed by atoms with E-state index in [4.69, 9.17) is 5.11 Å². The number of hydrogen-bond donors (Lipinski definition) is 2. The van der Waals surface area contributed by atoms with Crippen molar-refractivity contribution in [2.45, 2.75) is 6.54 Å². The normalized spacial score (nSPS) is 9.53. The lowest BCUT2D eigenvalue weighted by Crippen LogP contribution is -2.21. The third-order valence-electron chi connectivity index (χ3n) is 2.35. The van der Waals surface area contributed by atoms with Gasteiger partial charge in [0.1, 0.15) is 11.5 Å². The van der Waals surface area contributed by atoms with E-state index in [9.17, 15) is 4.79 Å². The molecule has 0 fully saturated rings. The first-order chi connectivity index (χ1) is 9.29. The van der Waals surface area contributed by atoms with Gasteiger partial charge in [-0.05, 0) is 17.7 Å². The minimum Gasteiger partial charge on any atom is -0.384 e. The number of nitrogens with one attached hydrogen (secondary N) is 1. The molecule has 0 bridgehead atoms. The van der Waals surface area contributed by atoms with E-state index < -0.39 is 0 Å². The zero-order chi connectivity index (χ0) is 13.5. The molecule has 0 aliphatic rings. The molecule has 0 spiro atoms. The minimum absolute atomic E-state index is 0.130. The topological polar surface area (TPSA) is 62.2 Å². The molecule has 5 heteroatoms. The van der Waals surface area contributed by atoms with Crippen LogP contribution in [0.15, 0.2) is 36.0 Å². The van der Waals surface area contributed by atoms with Crippen LogP contribution in [0.3, 0.4) is 0 Å². The Morgan fingerprint density at radius 3 is 3.11 bits per heavy atom. The fourth-order valence-corrected chi connectivity index (χ4v) is 2.03. The average molecular weight is 272 g/mol. The summed E-state index contributed by atoms with van der Waals surface area (Å²) in [6.07, 6.45) is 1.54. The van der Waals surface area contributed by atoms with E-state index in [1.807, 2.05) is 24.3 Å². The maximum absolute atomic E-state index is 11.7. The Kier molecular flexibility index (Phi) is 4.67. The van der Waals surface area contributed by atoms with Gasteiger partial charge in [-0.1, -0.05) is 24.0 Å². The number of rotatable bonds is 3. The quantitative estimate of drug-likeness (QED) is 0.831. The van der Waals surface area contributed by atoms with Crippen LogP contribution in [-0.4, -0.2) is 22.6 Å². The van der Waals surface area contributed by atoms with Gasteiger partial charge in [0, 0.05) is 12.1 Å². The van der Waals surface area contributed by atoms with Gasteiger partial charge in [-0.2, -0.15) is 0 Å². The van der Waals surface area contributed by atoms with Crippen LogP contribution in [0.2, 0.25) is 0 Å². The van der Waals surface area contributed by atoms with Gasteiger partial charge in [-0.3, -0.25) is 9.78 Å². The Morgan fingerprint density at radius 2 is 2.37 bits per heavy atom. The summed E-state index contributed by atoms with van der Waals surface area (Å²) in [7, 11) is 0. The maximum atomic E-state index is 11.7. The number of benzene rings is 1. The first kappa shape index (κ1) is 13.3. The van der Waals surface area contributed by atoms with E-state index in [1.54, 1.807) is 11.7 Å². The molecule has 19 heavy (non-hydrogen) atoms. The fourth-order valence-electron chi connectivity index (χ4n) is 1.50. The number of hydrogen-bond acceptors (Lipinski definition) is 4. The second kappa shape index (κ2) is 6.69. The van der Waals surface area contributed by atoms with Gasteiger partial charge in [-0.25, -0.2) is 0 Å². The molecule has 0 aliphatic heterocycles. The van der Waals surface area contributed by atoms with Crippen molar-refractivity contribution < 1.29 is 9.90 Å². The molecule has 2 aromatic rings. The minimum atomic E-state index is -0.160. The highest BCUT2D eigenvalue weighted by Gasteiger charge is 2.06. The van der Waals surface area contributed by atoms with Gasteiger partial charge < -0.3 is 10.4 Å². The Bertz CT molecular complexity index is 612. The van der Waals surface area contributed by atoms with Crippen molar-refractivity contribution in [1.82, 2.24) is 10.3 Å². The SMILES string of the molecule is O=C(NCc1cccc(C#CCO)c1)c1cncs1. The number of nitrogens with zero attached hydrogens (tertiary/aromatic N) is 1. The zero-order valence-corrected chi connectivity index (χ0v) is 10.9. The molecule has 96 valence electrons. The molecule has 0 saturated heterocycles. The Labute approximate surface area is 115 Å². The van der Waals surface area contributed by atoms with E-state index in [0.29, 0.717) is 11.4 Å². The highest BCUT2D eigenvalue weighted by Crippen LogP contribution is 2.07. The molecular weight excluding hydrogens is 260 g/mol. The fraction of sp³-hybridized carbons (Fsp3) is 0.143. The maximum Gasteiger partial charge on any atom is 0.263 e. The van der Waals surface area contributed by atoms with Crippen molar-refractivity contribution in [3.63, 3.8) is 0 Å². The third-order valence-corrected chi connectivity index (χ3v) is 3.12. The van der Waals surface area contributed by atoms with Crippen molar-refractivity contribution in [2.75, 3.05) is 6.61 Å². The Balaban J connectivity index is 1.98. The van der Waals surface area contributed by atoms with Gasteiger partial charge in [0.05, 0.1) is 11.7 Å². The molecule has 2 N–H and O–H groups in total. The van der Waals surface area contributed by atoms with Crippen LogP contribution in [0.25, 0.3) is 0 Å². The van der Waals surface area contributed by atoms with Crippen molar-refractivity contribution in [3.05, 3.63) is 52.0 Å². The van der Waals surface area contributed by atoms with Crippen molar-refractivity contribution >= 4 is 17.2 Å². The van der Waals surface area contributed by atoms with E-state index >= 15 is 0 Å². The summed E-state index contributed by atoms with van der Waals surface area (Å²) in [5.74, 6) is 5.29. The van der Waals surface area contributed by atoms with E-state index in [0.717, 1.165) is 11.1 Å². The number of aliphatic hydroxyl groups is 1. The smallest absolute Gasteiger partial charge is 0.263 e. The molecule has 1 aromatic heterocycles. The van der Waals surface area contributed by atoms with Gasteiger partial charge >= 0.3 is 0 Å². The monoisotopic (exact) mass is 272 g/mol. The third kappa shape index (κ3) is 3.91. The van der Waals surface area contributed by atoms with Gasteiger partial charge in [0.2, 0.25) is 0 Å². The Hall–Kier alpha value is -2.16. The number of carbonyl (C=O) groups excluding carboxylic acids is 1. The van der Waals surface area contributed by atoms with Crippen LogP contribution in [0.5, 0.6) is 0 Å². The van der Waals surface area contributed by atoms with Gasteiger partial charge in [0.25, 0.3) is 5.91 Å². The van der Waals surface area contributed by atoms with Crippen LogP contribution in [0, 0.1) is 11.8 Å². The van der Waals surface area contributed by atoms with Crippen LogP contribution < -0.4 is 5.32 Å². The first-order valence-electron chi connectivity index (χ1n) is 5.65. The lowest BCUT2D eigenvalue weighted by molar-refractivity contribution is 0.0955. The summed E-state index contributed by atoms with van der Waals surface area (Å²) in [5, 5.41) is 11.5. The number of amides is 1. The second-order valence-electron chi connectivity index (χ2n) is 3.71. The summed E-state index contributed by atoms with van der Waals surface area (Å²) >= 11 is 1.31. The molecule has 1 aromatic carbocycles. The summed E-state index contributed by atoms with van der Waals surface area (Å²) < 4.78 is 0.